The maximum absolute atomic E-state index is 12.1. The van der Waals surface area contributed by atoms with Gasteiger partial charge in [0.1, 0.15) is 5.75 Å². The predicted molar refractivity (Wildman–Crippen MR) is 172 cm³/mol. The lowest BCUT2D eigenvalue weighted by atomic mass is 9.78. The molecule has 0 spiro atoms. The molecule has 1 N–H and O–H groups in total. The van der Waals surface area contributed by atoms with E-state index >= 15 is 0 Å². The number of likely N-dealkylation sites (tertiary alicyclic amines) is 1. The number of fused-ring (bicyclic) bond motifs is 1. The lowest BCUT2D eigenvalue weighted by molar-refractivity contribution is -0.0540. The van der Waals surface area contributed by atoms with Gasteiger partial charge in [-0.3, -0.25) is 0 Å². The van der Waals surface area contributed by atoms with E-state index in [2.05, 4.69) is 61.2 Å². The standard InChI is InChI=1S/C37H41NO6/c1-2-19-41-27-33-23-38(37(39)40)24-35(44-26-29-13-14-30-11-6-7-12-32(30)22-29)36(33)31-15-17-34(18-16-31)43-21-8-20-42-25-28-9-4-3-5-10-28/h2-7,9-18,22,33,35-36H,1,8,19-21,23-27H2,(H,39,40). The molecule has 5 rings (SSSR count). The molecular weight excluding hydrogens is 554 g/mol. The highest BCUT2D eigenvalue weighted by Gasteiger charge is 2.40. The monoisotopic (exact) mass is 595 g/mol. The Bertz CT molecular complexity index is 1470. The average molecular weight is 596 g/mol. The molecule has 4 aromatic carbocycles. The smallest absolute Gasteiger partial charge is 0.407 e. The van der Waals surface area contributed by atoms with Crippen LogP contribution < -0.4 is 4.74 Å². The first-order valence-corrected chi connectivity index (χ1v) is 15.2. The van der Waals surface area contributed by atoms with Crippen LogP contribution in [-0.2, 0) is 27.4 Å². The summed E-state index contributed by atoms with van der Waals surface area (Å²) in [5, 5.41) is 12.2. The zero-order valence-electron chi connectivity index (χ0n) is 25.1. The third-order valence-corrected chi connectivity index (χ3v) is 7.96. The summed E-state index contributed by atoms with van der Waals surface area (Å²) in [6, 6.07) is 32.7. The van der Waals surface area contributed by atoms with Crippen molar-refractivity contribution >= 4 is 16.9 Å². The Balaban J connectivity index is 1.24. The summed E-state index contributed by atoms with van der Waals surface area (Å²) in [6.07, 6.45) is 1.19. The van der Waals surface area contributed by atoms with Gasteiger partial charge in [-0.1, -0.05) is 84.9 Å². The molecular formula is C37H41NO6. The van der Waals surface area contributed by atoms with Crippen LogP contribution in [0.5, 0.6) is 5.75 Å². The number of rotatable bonds is 15. The van der Waals surface area contributed by atoms with Gasteiger partial charge in [0.15, 0.2) is 0 Å². The van der Waals surface area contributed by atoms with Crippen LogP contribution in [0.2, 0.25) is 0 Å². The van der Waals surface area contributed by atoms with Crippen LogP contribution in [0.3, 0.4) is 0 Å². The topological polar surface area (TPSA) is 77.5 Å². The maximum atomic E-state index is 12.1. The van der Waals surface area contributed by atoms with Gasteiger partial charge in [-0.05, 0) is 45.7 Å². The van der Waals surface area contributed by atoms with Crippen LogP contribution in [0.1, 0.15) is 29.0 Å². The van der Waals surface area contributed by atoms with Crippen LogP contribution in [0, 0.1) is 5.92 Å². The molecule has 0 aromatic heterocycles. The summed E-state index contributed by atoms with van der Waals surface area (Å²) in [7, 11) is 0. The fourth-order valence-electron chi connectivity index (χ4n) is 5.80. The summed E-state index contributed by atoms with van der Waals surface area (Å²) in [5.41, 5.74) is 3.28. The van der Waals surface area contributed by atoms with Crippen molar-refractivity contribution in [3.8, 4) is 5.75 Å². The Morgan fingerprint density at radius 2 is 1.61 bits per heavy atom. The number of ether oxygens (including phenoxy) is 4. The molecule has 7 heteroatoms. The SMILES string of the molecule is C=CCOCC1CN(C(=O)O)CC(OCc2ccc3ccccc3c2)C1c1ccc(OCCCOCc2ccccc2)cc1. The zero-order valence-corrected chi connectivity index (χ0v) is 25.1. The first-order chi connectivity index (χ1) is 21.6. The molecule has 0 saturated carbocycles. The van der Waals surface area contributed by atoms with Crippen molar-refractivity contribution in [1.82, 2.24) is 4.90 Å². The van der Waals surface area contributed by atoms with Gasteiger partial charge in [0.05, 0.1) is 52.3 Å². The number of carboxylic acid groups (broad SMARTS) is 1. The summed E-state index contributed by atoms with van der Waals surface area (Å²) in [4.78, 5) is 13.6. The van der Waals surface area contributed by atoms with Crippen molar-refractivity contribution in [3.63, 3.8) is 0 Å². The Labute approximate surface area is 259 Å². The van der Waals surface area contributed by atoms with Crippen molar-refractivity contribution in [2.45, 2.75) is 31.7 Å². The largest absolute Gasteiger partial charge is 0.494 e. The van der Waals surface area contributed by atoms with E-state index in [1.54, 1.807) is 6.08 Å². The second-order valence-electron chi connectivity index (χ2n) is 11.1. The molecule has 3 unspecified atom stereocenters. The third kappa shape index (κ3) is 8.69. The number of amides is 1. The van der Waals surface area contributed by atoms with Crippen LogP contribution in [0.25, 0.3) is 10.8 Å². The van der Waals surface area contributed by atoms with E-state index in [-0.39, 0.29) is 24.5 Å². The average Bonchev–Trinajstić information content (AvgIpc) is 3.06. The molecule has 230 valence electrons. The second kappa shape index (κ2) is 16.1. The van der Waals surface area contributed by atoms with Gasteiger partial charge in [0, 0.05) is 24.8 Å². The van der Waals surface area contributed by atoms with E-state index in [1.807, 2.05) is 42.5 Å². The van der Waals surface area contributed by atoms with E-state index < -0.39 is 6.09 Å². The molecule has 0 bridgehead atoms. The molecule has 1 heterocycles. The lowest BCUT2D eigenvalue weighted by Crippen LogP contribution is -2.52. The minimum Gasteiger partial charge on any atom is -0.494 e. The molecule has 0 aliphatic carbocycles. The van der Waals surface area contributed by atoms with Gasteiger partial charge in [-0.25, -0.2) is 4.79 Å². The molecule has 7 nitrogen and oxygen atoms in total. The molecule has 1 fully saturated rings. The highest BCUT2D eigenvalue weighted by atomic mass is 16.5. The van der Waals surface area contributed by atoms with E-state index in [4.69, 9.17) is 18.9 Å². The third-order valence-electron chi connectivity index (χ3n) is 7.96. The number of benzene rings is 4. The lowest BCUT2D eigenvalue weighted by Gasteiger charge is -2.43. The first-order valence-electron chi connectivity index (χ1n) is 15.2. The molecule has 0 radical (unpaired) electrons. The van der Waals surface area contributed by atoms with Gasteiger partial charge < -0.3 is 29.0 Å². The fourth-order valence-corrected chi connectivity index (χ4v) is 5.80. The Morgan fingerprint density at radius 1 is 0.841 bits per heavy atom. The number of hydrogen-bond donors (Lipinski definition) is 1. The Hall–Kier alpha value is -4.17. The fraction of sp³-hybridized carbons (Fsp3) is 0.324. The highest BCUT2D eigenvalue weighted by molar-refractivity contribution is 5.82. The van der Waals surface area contributed by atoms with Gasteiger partial charge in [0.2, 0.25) is 0 Å². The summed E-state index contributed by atoms with van der Waals surface area (Å²) >= 11 is 0. The van der Waals surface area contributed by atoms with Gasteiger partial charge in [0.25, 0.3) is 0 Å². The van der Waals surface area contributed by atoms with Crippen molar-refractivity contribution in [1.29, 1.82) is 0 Å². The number of carbonyl (C=O) groups is 1. The minimum absolute atomic E-state index is 0.0590. The number of piperidine rings is 1. The number of nitrogens with zero attached hydrogens (tertiary/aromatic N) is 1. The minimum atomic E-state index is -0.951. The van der Waals surface area contributed by atoms with Gasteiger partial charge in [-0.15, -0.1) is 6.58 Å². The highest BCUT2D eigenvalue weighted by Crippen LogP contribution is 2.37. The molecule has 4 aromatic rings. The van der Waals surface area contributed by atoms with Crippen molar-refractivity contribution in [2.75, 3.05) is 39.5 Å². The Kier molecular flexibility index (Phi) is 11.4. The van der Waals surface area contributed by atoms with Gasteiger partial charge in [-0.2, -0.15) is 0 Å². The van der Waals surface area contributed by atoms with Gasteiger partial charge >= 0.3 is 6.09 Å². The van der Waals surface area contributed by atoms with Crippen molar-refractivity contribution in [2.24, 2.45) is 5.92 Å². The predicted octanol–water partition coefficient (Wildman–Crippen LogP) is 7.31. The molecule has 1 amide bonds. The van der Waals surface area contributed by atoms with Crippen LogP contribution in [-0.4, -0.2) is 61.7 Å². The quantitative estimate of drug-likeness (QED) is 0.115. The van der Waals surface area contributed by atoms with Crippen LogP contribution in [0.4, 0.5) is 4.79 Å². The maximum Gasteiger partial charge on any atom is 0.407 e. The summed E-state index contributed by atoms with van der Waals surface area (Å²) in [6.45, 7) is 7.37. The van der Waals surface area contributed by atoms with E-state index in [9.17, 15) is 9.90 Å². The Morgan fingerprint density at radius 3 is 2.39 bits per heavy atom. The molecule has 1 saturated heterocycles. The normalized spacial score (nSPS) is 18.3. The van der Waals surface area contributed by atoms with Crippen molar-refractivity contribution in [3.05, 3.63) is 126 Å². The molecule has 3 atom stereocenters. The molecule has 1 aliphatic rings. The summed E-state index contributed by atoms with van der Waals surface area (Å²) < 4.78 is 24.2. The van der Waals surface area contributed by atoms with Crippen LogP contribution in [0.15, 0.2) is 110 Å². The van der Waals surface area contributed by atoms with E-state index in [0.717, 1.165) is 34.2 Å². The number of hydrogen-bond acceptors (Lipinski definition) is 5. The molecule has 44 heavy (non-hydrogen) atoms. The van der Waals surface area contributed by atoms with E-state index in [1.165, 1.54) is 10.3 Å². The van der Waals surface area contributed by atoms with Crippen molar-refractivity contribution < 1.29 is 28.8 Å². The zero-order chi connectivity index (χ0) is 30.6. The summed E-state index contributed by atoms with van der Waals surface area (Å²) in [5.74, 6) is 0.638. The second-order valence-corrected chi connectivity index (χ2v) is 11.1. The van der Waals surface area contributed by atoms with E-state index in [0.29, 0.717) is 46.2 Å². The van der Waals surface area contributed by atoms with Crippen LogP contribution >= 0.6 is 0 Å². The molecule has 1 aliphatic heterocycles. The first kappa shape index (κ1) is 31.3.